The molecule has 1 aromatic carbocycles. The van der Waals surface area contributed by atoms with E-state index >= 15 is 0 Å². The molecule has 1 saturated carbocycles. The first-order valence-electron chi connectivity index (χ1n) is 5.31. The van der Waals surface area contributed by atoms with E-state index in [9.17, 15) is 8.42 Å². The SMILES string of the molecule is NS(=O)(=O)c1ccc(OCC2CCC2)cc1. The molecule has 0 amide bonds. The third kappa shape index (κ3) is 2.74. The molecular weight excluding hydrogens is 226 g/mol. The van der Waals surface area contributed by atoms with Crippen LogP contribution in [0.2, 0.25) is 0 Å². The number of primary sulfonamides is 1. The monoisotopic (exact) mass is 241 g/mol. The molecule has 0 radical (unpaired) electrons. The number of rotatable bonds is 4. The number of benzene rings is 1. The van der Waals surface area contributed by atoms with Crippen LogP contribution in [0.3, 0.4) is 0 Å². The number of ether oxygens (including phenoxy) is 1. The second kappa shape index (κ2) is 4.43. The van der Waals surface area contributed by atoms with Crippen molar-refractivity contribution in [1.29, 1.82) is 0 Å². The van der Waals surface area contributed by atoms with Crippen molar-refractivity contribution in [3.05, 3.63) is 24.3 Å². The summed E-state index contributed by atoms with van der Waals surface area (Å²) in [5, 5.41) is 4.99. The molecule has 2 rings (SSSR count). The first-order chi connectivity index (χ1) is 7.55. The number of hydrogen-bond acceptors (Lipinski definition) is 3. The summed E-state index contributed by atoms with van der Waals surface area (Å²) in [6, 6.07) is 6.20. The van der Waals surface area contributed by atoms with Crippen LogP contribution >= 0.6 is 0 Å². The highest BCUT2D eigenvalue weighted by Gasteiger charge is 2.17. The first kappa shape index (κ1) is 11.4. The molecule has 0 aliphatic heterocycles. The van der Waals surface area contributed by atoms with E-state index in [0.29, 0.717) is 18.3 Å². The molecule has 1 aromatic rings. The Morgan fingerprint density at radius 2 is 1.88 bits per heavy atom. The molecule has 16 heavy (non-hydrogen) atoms. The molecule has 4 nitrogen and oxygen atoms in total. The highest BCUT2D eigenvalue weighted by Crippen LogP contribution is 2.27. The molecule has 0 saturated heterocycles. The molecule has 0 bridgehead atoms. The summed E-state index contributed by atoms with van der Waals surface area (Å²) in [5.41, 5.74) is 0. The zero-order chi connectivity index (χ0) is 11.6. The predicted octanol–water partition coefficient (Wildman–Crippen LogP) is 1.51. The van der Waals surface area contributed by atoms with Crippen molar-refractivity contribution in [1.82, 2.24) is 0 Å². The molecule has 1 aliphatic carbocycles. The first-order valence-corrected chi connectivity index (χ1v) is 6.86. The van der Waals surface area contributed by atoms with Crippen LogP contribution in [0.5, 0.6) is 5.75 Å². The Hall–Kier alpha value is -1.07. The standard InChI is InChI=1S/C11H15NO3S/c12-16(13,14)11-6-4-10(5-7-11)15-8-9-2-1-3-9/h4-7,9H,1-3,8H2,(H2,12,13,14). The van der Waals surface area contributed by atoms with E-state index in [2.05, 4.69) is 0 Å². The van der Waals surface area contributed by atoms with Crippen LogP contribution in [-0.4, -0.2) is 15.0 Å². The highest BCUT2D eigenvalue weighted by molar-refractivity contribution is 7.89. The lowest BCUT2D eigenvalue weighted by Gasteiger charge is -2.25. The molecule has 0 unspecified atom stereocenters. The molecular formula is C11H15NO3S. The summed E-state index contributed by atoms with van der Waals surface area (Å²) in [6.07, 6.45) is 3.75. The van der Waals surface area contributed by atoms with Gasteiger partial charge >= 0.3 is 0 Å². The average molecular weight is 241 g/mol. The Kier molecular flexibility index (Phi) is 3.16. The molecule has 88 valence electrons. The Balaban J connectivity index is 1.96. The second-order valence-electron chi connectivity index (χ2n) is 4.12. The van der Waals surface area contributed by atoms with E-state index < -0.39 is 10.0 Å². The van der Waals surface area contributed by atoms with E-state index in [0.717, 1.165) is 0 Å². The quantitative estimate of drug-likeness (QED) is 0.868. The van der Waals surface area contributed by atoms with Crippen LogP contribution in [0.15, 0.2) is 29.2 Å². The lowest BCUT2D eigenvalue weighted by molar-refractivity contribution is 0.180. The van der Waals surface area contributed by atoms with Gasteiger partial charge in [-0.05, 0) is 43.0 Å². The van der Waals surface area contributed by atoms with E-state index in [1.807, 2.05) is 0 Å². The maximum absolute atomic E-state index is 11.0. The summed E-state index contributed by atoms with van der Waals surface area (Å²) in [5.74, 6) is 1.36. The van der Waals surface area contributed by atoms with Crippen LogP contribution in [0.1, 0.15) is 19.3 Å². The average Bonchev–Trinajstić information content (AvgIpc) is 2.15. The predicted molar refractivity (Wildman–Crippen MR) is 60.7 cm³/mol. The van der Waals surface area contributed by atoms with Crippen molar-refractivity contribution in [3.63, 3.8) is 0 Å². The number of hydrogen-bond donors (Lipinski definition) is 1. The minimum Gasteiger partial charge on any atom is -0.493 e. The van der Waals surface area contributed by atoms with Crippen LogP contribution in [-0.2, 0) is 10.0 Å². The van der Waals surface area contributed by atoms with Crippen molar-refractivity contribution in [3.8, 4) is 5.75 Å². The summed E-state index contributed by atoms with van der Waals surface area (Å²) in [4.78, 5) is 0.114. The van der Waals surface area contributed by atoms with Gasteiger partial charge in [-0.25, -0.2) is 13.6 Å². The van der Waals surface area contributed by atoms with Crippen LogP contribution in [0.4, 0.5) is 0 Å². The van der Waals surface area contributed by atoms with Gasteiger partial charge in [0.2, 0.25) is 10.0 Å². The third-order valence-electron chi connectivity index (χ3n) is 2.86. The Bertz CT molecular complexity index is 449. The lowest BCUT2D eigenvalue weighted by atomic mass is 9.86. The zero-order valence-corrected chi connectivity index (χ0v) is 9.74. The molecule has 0 aromatic heterocycles. The fraction of sp³-hybridized carbons (Fsp3) is 0.455. The minimum atomic E-state index is -3.60. The largest absolute Gasteiger partial charge is 0.493 e. The van der Waals surface area contributed by atoms with E-state index in [4.69, 9.17) is 9.88 Å². The van der Waals surface area contributed by atoms with Gasteiger partial charge in [0.25, 0.3) is 0 Å². The van der Waals surface area contributed by atoms with Crippen LogP contribution in [0, 0.1) is 5.92 Å². The van der Waals surface area contributed by atoms with Crippen molar-refractivity contribution >= 4 is 10.0 Å². The van der Waals surface area contributed by atoms with Crippen molar-refractivity contribution in [2.45, 2.75) is 24.2 Å². The van der Waals surface area contributed by atoms with Gasteiger partial charge in [-0.3, -0.25) is 0 Å². The van der Waals surface area contributed by atoms with Crippen molar-refractivity contribution in [2.75, 3.05) is 6.61 Å². The normalized spacial score (nSPS) is 16.8. The maximum atomic E-state index is 11.0. The summed E-state index contributed by atoms with van der Waals surface area (Å²) < 4.78 is 27.5. The van der Waals surface area contributed by atoms with Gasteiger partial charge in [0.15, 0.2) is 0 Å². The third-order valence-corrected chi connectivity index (χ3v) is 3.79. The zero-order valence-electron chi connectivity index (χ0n) is 8.93. The summed E-state index contributed by atoms with van der Waals surface area (Å²) in [7, 11) is -3.60. The second-order valence-corrected chi connectivity index (χ2v) is 5.69. The van der Waals surface area contributed by atoms with E-state index in [1.165, 1.54) is 31.4 Å². The molecule has 1 aliphatic rings. The smallest absolute Gasteiger partial charge is 0.238 e. The Labute approximate surface area is 95.5 Å². The van der Waals surface area contributed by atoms with Gasteiger partial charge in [-0.2, -0.15) is 0 Å². The van der Waals surface area contributed by atoms with Gasteiger partial charge in [0.05, 0.1) is 11.5 Å². The molecule has 0 atom stereocenters. The summed E-state index contributed by atoms with van der Waals surface area (Å²) >= 11 is 0. The molecule has 0 heterocycles. The number of sulfonamides is 1. The van der Waals surface area contributed by atoms with Crippen LogP contribution in [0.25, 0.3) is 0 Å². The highest BCUT2D eigenvalue weighted by atomic mass is 32.2. The van der Waals surface area contributed by atoms with Gasteiger partial charge in [0.1, 0.15) is 5.75 Å². The fourth-order valence-electron chi connectivity index (χ4n) is 1.60. The molecule has 5 heteroatoms. The minimum absolute atomic E-state index is 0.114. The molecule has 0 spiro atoms. The van der Waals surface area contributed by atoms with Crippen molar-refractivity contribution < 1.29 is 13.2 Å². The van der Waals surface area contributed by atoms with Crippen molar-refractivity contribution in [2.24, 2.45) is 11.1 Å². The molecule has 2 N–H and O–H groups in total. The molecule has 1 fully saturated rings. The van der Waals surface area contributed by atoms with Gasteiger partial charge in [0, 0.05) is 0 Å². The van der Waals surface area contributed by atoms with E-state index in [1.54, 1.807) is 12.1 Å². The topological polar surface area (TPSA) is 69.4 Å². The van der Waals surface area contributed by atoms with E-state index in [-0.39, 0.29) is 4.90 Å². The fourth-order valence-corrected chi connectivity index (χ4v) is 2.11. The maximum Gasteiger partial charge on any atom is 0.238 e. The van der Waals surface area contributed by atoms with Gasteiger partial charge < -0.3 is 4.74 Å². The Morgan fingerprint density at radius 3 is 2.31 bits per heavy atom. The summed E-state index contributed by atoms with van der Waals surface area (Å²) in [6.45, 7) is 0.717. The Morgan fingerprint density at radius 1 is 1.25 bits per heavy atom. The number of nitrogens with two attached hydrogens (primary N) is 1. The lowest BCUT2D eigenvalue weighted by Crippen LogP contribution is -2.19. The van der Waals surface area contributed by atoms with Gasteiger partial charge in [-0.15, -0.1) is 0 Å². The van der Waals surface area contributed by atoms with Crippen LogP contribution < -0.4 is 9.88 Å². The van der Waals surface area contributed by atoms with Gasteiger partial charge in [-0.1, -0.05) is 6.42 Å².